The fraction of sp³-hybridized carbons (Fsp3) is 0.364. The second-order valence-corrected chi connectivity index (χ2v) is 7.71. The molecule has 2 N–H and O–H groups in total. The summed E-state index contributed by atoms with van der Waals surface area (Å²) in [5.41, 5.74) is 1.02. The molecule has 0 bridgehead atoms. The number of likely N-dealkylation sites (tertiary alicyclic amines) is 1. The number of fused-ring (bicyclic) bond motifs is 1. The van der Waals surface area contributed by atoms with Crippen molar-refractivity contribution in [2.45, 2.75) is 37.6 Å². The van der Waals surface area contributed by atoms with Crippen LogP contribution in [0.3, 0.4) is 0 Å². The monoisotopic (exact) mass is 434 g/mol. The van der Waals surface area contributed by atoms with Gasteiger partial charge in [0, 0.05) is 36.7 Å². The van der Waals surface area contributed by atoms with Crippen molar-refractivity contribution >= 4 is 17.5 Å². The first kappa shape index (κ1) is 21.2. The summed E-state index contributed by atoms with van der Waals surface area (Å²) >= 11 is 0. The Morgan fingerprint density at radius 1 is 1.13 bits per heavy atom. The Kier molecular flexibility index (Phi) is 5.62. The van der Waals surface area contributed by atoms with Crippen molar-refractivity contribution in [3.8, 4) is 5.75 Å². The number of carbonyl (C=O) groups is 2. The molecule has 164 valence electrons. The fourth-order valence-electron chi connectivity index (χ4n) is 3.82. The lowest BCUT2D eigenvalue weighted by Crippen LogP contribution is -2.51. The molecule has 0 unspecified atom stereocenters. The molecule has 9 heteroatoms. The van der Waals surface area contributed by atoms with Gasteiger partial charge in [-0.15, -0.1) is 0 Å². The van der Waals surface area contributed by atoms with Crippen molar-refractivity contribution in [2.24, 2.45) is 0 Å². The fourth-order valence-corrected chi connectivity index (χ4v) is 3.82. The van der Waals surface area contributed by atoms with Gasteiger partial charge < -0.3 is 20.1 Å². The summed E-state index contributed by atoms with van der Waals surface area (Å²) in [6.45, 7) is 0.301. The molecule has 2 amide bonds. The van der Waals surface area contributed by atoms with Crippen molar-refractivity contribution in [3.63, 3.8) is 0 Å². The molecule has 0 aliphatic carbocycles. The summed E-state index contributed by atoms with van der Waals surface area (Å²) in [4.78, 5) is 25.6. The number of rotatable bonds is 3. The second kappa shape index (κ2) is 8.22. The van der Waals surface area contributed by atoms with Gasteiger partial charge >= 0.3 is 6.18 Å². The van der Waals surface area contributed by atoms with Gasteiger partial charge in [-0.25, -0.2) is 0 Å². The van der Waals surface area contributed by atoms with Crippen molar-refractivity contribution in [1.29, 1.82) is 0 Å². The van der Waals surface area contributed by atoms with Gasteiger partial charge in [0.15, 0.2) is 0 Å². The number of hydrogen-bond acceptors (Lipinski definition) is 4. The highest BCUT2D eigenvalue weighted by Gasteiger charge is 2.33. The lowest BCUT2D eigenvalue weighted by Gasteiger charge is -2.36. The summed E-state index contributed by atoms with van der Waals surface area (Å²) in [6, 6.07) is 9.40. The topological polar surface area (TPSA) is 78.9 Å². The number of aliphatic hydroxyl groups excluding tert-OH is 1. The minimum atomic E-state index is -4.47. The van der Waals surface area contributed by atoms with Gasteiger partial charge in [0.2, 0.25) is 5.91 Å². The third-order valence-electron chi connectivity index (χ3n) is 5.53. The van der Waals surface area contributed by atoms with Gasteiger partial charge in [-0.05, 0) is 42.3 Å². The number of hydrogen-bond donors (Lipinski definition) is 2. The van der Waals surface area contributed by atoms with Crippen LogP contribution in [0.1, 0.15) is 34.3 Å². The van der Waals surface area contributed by atoms with Crippen LogP contribution in [0, 0.1) is 0 Å². The highest BCUT2D eigenvalue weighted by molar-refractivity contribution is 5.94. The van der Waals surface area contributed by atoms with Crippen LogP contribution in [0.25, 0.3) is 0 Å². The van der Waals surface area contributed by atoms with Gasteiger partial charge in [0.1, 0.15) is 18.0 Å². The van der Waals surface area contributed by atoms with E-state index in [9.17, 15) is 27.9 Å². The quantitative estimate of drug-likeness (QED) is 0.778. The van der Waals surface area contributed by atoms with Crippen LogP contribution >= 0.6 is 0 Å². The number of carbonyl (C=O) groups excluding carboxylic acids is 2. The molecule has 2 aromatic carbocycles. The van der Waals surface area contributed by atoms with Crippen LogP contribution in [-0.4, -0.2) is 47.1 Å². The molecule has 2 aromatic rings. The van der Waals surface area contributed by atoms with E-state index < -0.39 is 29.9 Å². The molecule has 1 fully saturated rings. The van der Waals surface area contributed by atoms with E-state index in [0.717, 1.165) is 29.8 Å². The molecule has 0 spiro atoms. The first-order valence-electron chi connectivity index (χ1n) is 9.95. The smallest absolute Gasteiger partial charge is 0.416 e. The summed E-state index contributed by atoms with van der Waals surface area (Å²) in [7, 11) is 0. The number of benzene rings is 2. The van der Waals surface area contributed by atoms with E-state index in [1.807, 2.05) is 6.07 Å². The van der Waals surface area contributed by atoms with Crippen LogP contribution in [0.5, 0.6) is 5.75 Å². The Hall–Kier alpha value is -3.07. The van der Waals surface area contributed by atoms with Crippen LogP contribution in [0.4, 0.5) is 18.9 Å². The Balaban J connectivity index is 1.38. The number of halogens is 3. The van der Waals surface area contributed by atoms with E-state index in [1.54, 1.807) is 12.1 Å². The summed E-state index contributed by atoms with van der Waals surface area (Å²) in [5, 5.41) is 13.3. The normalized spacial score (nSPS) is 21.3. The average Bonchev–Trinajstić information content (AvgIpc) is 2.74. The average molecular weight is 434 g/mol. The zero-order valence-electron chi connectivity index (χ0n) is 16.5. The van der Waals surface area contributed by atoms with Crippen molar-refractivity contribution in [2.75, 3.05) is 18.4 Å². The Morgan fingerprint density at radius 3 is 2.55 bits per heavy atom. The number of ether oxygens (including phenoxy) is 1. The third-order valence-corrected chi connectivity index (χ3v) is 5.53. The Labute approximate surface area is 176 Å². The van der Waals surface area contributed by atoms with Crippen molar-refractivity contribution in [3.05, 3.63) is 59.2 Å². The van der Waals surface area contributed by atoms with Gasteiger partial charge in [0.05, 0.1) is 12.1 Å². The standard InChI is InChI=1S/C22H21F3N2O4/c23-22(24,25)15-5-1-14(2-6-15)21(30)27-10-9-19(18(28)12-27)31-16-7-3-13-4-8-20(29)26-17(13)11-16/h1-3,5-7,11,18-19,28H,4,8-10,12H2,(H,26,29)/t18-,19-/m1/s1. The molecule has 2 atom stereocenters. The number of nitrogens with one attached hydrogen (secondary N) is 1. The Morgan fingerprint density at radius 2 is 1.87 bits per heavy atom. The first-order valence-corrected chi connectivity index (χ1v) is 9.95. The van der Waals surface area contributed by atoms with E-state index in [0.29, 0.717) is 37.2 Å². The van der Waals surface area contributed by atoms with Crippen LogP contribution in [0.2, 0.25) is 0 Å². The maximum Gasteiger partial charge on any atom is 0.416 e. The number of piperidine rings is 1. The second-order valence-electron chi connectivity index (χ2n) is 7.71. The highest BCUT2D eigenvalue weighted by Crippen LogP contribution is 2.30. The molecule has 6 nitrogen and oxygen atoms in total. The third kappa shape index (κ3) is 4.66. The molecule has 0 radical (unpaired) electrons. The number of amides is 2. The molecule has 2 aliphatic rings. The van der Waals surface area contributed by atoms with E-state index in [4.69, 9.17) is 4.74 Å². The van der Waals surface area contributed by atoms with Gasteiger partial charge in [0.25, 0.3) is 5.91 Å². The van der Waals surface area contributed by atoms with Crippen LogP contribution in [0.15, 0.2) is 42.5 Å². The van der Waals surface area contributed by atoms with Gasteiger partial charge in [-0.3, -0.25) is 9.59 Å². The van der Waals surface area contributed by atoms with E-state index >= 15 is 0 Å². The minimum Gasteiger partial charge on any atom is -0.488 e. The largest absolute Gasteiger partial charge is 0.488 e. The highest BCUT2D eigenvalue weighted by atomic mass is 19.4. The predicted molar refractivity (Wildman–Crippen MR) is 106 cm³/mol. The van der Waals surface area contributed by atoms with E-state index in [2.05, 4.69) is 5.32 Å². The molecule has 2 aliphatic heterocycles. The lowest BCUT2D eigenvalue weighted by molar-refractivity contribution is -0.137. The lowest BCUT2D eigenvalue weighted by atomic mass is 10.0. The van der Waals surface area contributed by atoms with Crippen LogP contribution in [-0.2, 0) is 17.4 Å². The van der Waals surface area contributed by atoms with Gasteiger partial charge in [-0.2, -0.15) is 13.2 Å². The molecule has 0 aromatic heterocycles. The number of anilines is 1. The number of alkyl halides is 3. The first-order chi connectivity index (χ1) is 14.7. The number of nitrogens with zero attached hydrogens (tertiary/aromatic N) is 1. The number of aliphatic hydroxyl groups is 1. The number of β-amino-alcohol motifs (C(OH)–C–C–N with tert-alkyl or cyclic N) is 1. The maximum absolute atomic E-state index is 12.7. The summed E-state index contributed by atoms with van der Waals surface area (Å²) in [5.74, 6) is 0.00926. The van der Waals surface area contributed by atoms with E-state index in [-0.39, 0.29) is 18.0 Å². The molecule has 2 heterocycles. The van der Waals surface area contributed by atoms with Gasteiger partial charge in [-0.1, -0.05) is 6.07 Å². The van der Waals surface area contributed by atoms with Crippen molar-refractivity contribution < 1.29 is 32.6 Å². The predicted octanol–water partition coefficient (Wildman–Crippen LogP) is 3.24. The minimum absolute atomic E-state index is 0.00615. The summed E-state index contributed by atoms with van der Waals surface area (Å²) < 4.78 is 44.0. The molecular formula is C22H21F3N2O4. The zero-order chi connectivity index (χ0) is 22.2. The number of aryl methyl sites for hydroxylation is 1. The van der Waals surface area contributed by atoms with Crippen molar-refractivity contribution in [1.82, 2.24) is 4.90 Å². The van der Waals surface area contributed by atoms with Crippen LogP contribution < -0.4 is 10.1 Å². The molecular weight excluding hydrogens is 413 g/mol. The van der Waals surface area contributed by atoms with E-state index in [1.165, 1.54) is 4.90 Å². The maximum atomic E-state index is 12.7. The zero-order valence-corrected chi connectivity index (χ0v) is 16.5. The SMILES string of the molecule is O=C1CCc2ccc(O[C@@H]3CCN(C(=O)c4ccc(C(F)(F)F)cc4)C[C@H]3O)cc2N1. The molecule has 1 saturated heterocycles. The Bertz CT molecular complexity index is 991. The summed E-state index contributed by atoms with van der Waals surface area (Å²) in [6.07, 6.45) is -4.51. The molecule has 31 heavy (non-hydrogen) atoms. The molecule has 4 rings (SSSR count). The molecule has 0 saturated carbocycles.